The van der Waals surface area contributed by atoms with Crippen LogP contribution in [0.1, 0.15) is 18.5 Å². The summed E-state index contributed by atoms with van der Waals surface area (Å²) in [7, 11) is 0. The molecule has 0 aromatic carbocycles. The van der Waals surface area contributed by atoms with E-state index in [0.717, 1.165) is 37.3 Å². The normalized spacial score (nSPS) is 10.4. The van der Waals surface area contributed by atoms with Crippen molar-refractivity contribution in [1.82, 2.24) is 9.55 Å². The van der Waals surface area contributed by atoms with E-state index in [1.54, 1.807) is 22.9 Å². The SMILES string of the molecule is Cc1cc(NCCCCn2ccccc2=O)ccn1. The number of hydrogen-bond acceptors (Lipinski definition) is 3. The van der Waals surface area contributed by atoms with Crippen molar-refractivity contribution >= 4 is 5.69 Å². The first kappa shape index (κ1) is 13.3. The van der Waals surface area contributed by atoms with Crippen LogP contribution in [0.2, 0.25) is 0 Å². The molecule has 2 aromatic heterocycles. The molecule has 4 nitrogen and oxygen atoms in total. The Morgan fingerprint density at radius 2 is 2.16 bits per heavy atom. The van der Waals surface area contributed by atoms with Crippen molar-refractivity contribution in [1.29, 1.82) is 0 Å². The van der Waals surface area contributed by atoms with Crippen LogP contribution < -0.4 is 10.9 Å². The summed E-state index contributed by atoms with van der Waals surface area (Å²) >= 11 is 0. The fourth-order valence-corrected chi connectivity index (χ4v) is 1.94. The third-order valence-corrected chi connectivity index (χ3v) is 2.95. The molecule has 2 heterocycles. The van der Waals surface area contributed by atoms with Crippen LogP contribution in [0.3, 0.4) is 0 Å². The molecular formula is C15H19N3O. The number of unbranched alkanes of at least 4 members (excludes halogenated alkanes) is 1. The highest BCUT2D eigenvalue weighted by atomic mass is 16.1. The Bertz CT molecular complexity index is 577. The van der Waals surface area contributed by atoms with E-state index in [1.807, 2.05) is 31.3 Å². The van der Waals surface area contributed by atoms with Gasteiger partial charge in [0.1, 0.15) is 0 Å². The molecular weight excluding hydrogens is 238 g/mol. The molecule has 0 unspecified atom stereocenters. The molecule has 2 rings (SSSR count). The first-order chi connectivity index (χ1) is 9.25. The molecule has 4 heteroatoms. The second-order valence-corrected chi connectivity index (χ2v) is 4.55. The van der Waals surface area contributed by atoms with Gasteiger partial charge in [-0.05, 0) is 38.0 Å². The predicted octanol–water partition coefficient (Wildman–Crippen LogP) is 2.44. The molecule has 0 radical (unpaired) electrons. The van der Waals surface area contributed by atoms with E-state index in [4.69, 9.17) is 0 Å². The van der Waals surface area contributed by atoms with E-state index in [-0.39, 0.29) is 5.56 Å². The Balaban J connectivity index is 1.70. The van der Waals surface area contributed by atoms with Crippen LogP contribution in [0.5, 0.6) is 0 Å². The molecule has 0 spiro atoms. The summed E-state index contributed by atoms with van der Waals surface area (Å²) < 4.78 is 1.75. The van der Waals surface area contributed by atoms with Crippen LogP contribution in [0.25, 0.3) is 0 Å². The topological polar surface area (TPSA) is 46.9 Å². The molecule has 0 aliphatic carbocycles. The van der Waals surface area contributed by atoms with E-state index in [9.17, 15) is 4.79 Å². The van der Waals surface area contributed by atoms with Crippen LogP contribution in [-0.2, 0) is 6.54 Å². The maximum absolute atomic E-state index is 11.5. The van der Waals surface area contributed by atoms with Gasteiger partial charge in [-0.3, -0.25) is 9.78 Å². The number of aryl methyl sites for hydroxylation is 2. The number of nitrogens with zero attached hydrogens (tertiary/aromatic N) is 2. The quantitative estimate of drug-likeness (QED) is 0.809. The number of rotatable bonds is 6. The zero-order valence-electron chi connectivity index (χ0n) is 11.2. The van der Waals surface area contributed by atoms with Crippen molar-refractivity contribution < 1.29 is 0 Å². The summed E-state index contributed by atoms with van der Waals surface area (Å²) in [5.74, 6) is 0. The van der Waals surface area contributed by atoms with Gasteiger partial charge in [-0.2, -0.15) is 0 Å². The van der Waals surface area contributed by atoms with Gasteiger partial charge in [0.05, 0.1) is 0 Å². The van der Waals surface area contributed by atoms with Gasteiger partial charge in [-0.25, -0.2) is 0 Å². The molecule has 0 bridgehead atoms. The maximum atomic E-state index is 11.5. The van der Waals surface area contributed by atoms with Crippen LogP contribution in [0.15, 0.2) is 47.5 Å². The summed E-state index contributed by atoms with van der Waals surface area (Å²) in [4.78, 5) is 15.6. The van der Waals surface area contributed by atoms with E-state index < -0.39 is 0 Å². The molecule has 0 fully saturated rings. The third kappa shape index (κ3) is 4.25. The van der Waals surface area contributed by atoms with Gasteiger partial charge in [0, 0.05) is 42.9 Å². The molecule has 0 aliphatic rings. The maximum Gasteiger partial charge on any atom is 0.250 e. The minimum absolute atomic E-state index is 0.0696. The molecule has 0 saturated carbocycles. The van der Waals surface area contributed by atoms with Gasteiger partial charge in [-0.1, -0.05) is 6.07 Å². The second-order valence-electron chi connectivity index (χ2n) is 4.55. The number of nitrogens with one attached hydrogen (secondary N) is 1. The van der Waals surface area contributed by atoms with E-state index in [2.05, 4.69) is 10.3 Å². The minimum Gasteiger partial charge on any atom is -0.385 e. The highest BCUT2D eigenvalue weighted by Crippen LogP contribution is 2.07. The molecule has 0 atom stereocenters. The van der Waals surface area contributed by atoms with Gasteiger partial charge < -0.3 is 9.88 Å². The number of anilines is 1. The van der Waals surface area contributed by atoms with E-state index in [1.165, 1.54) is 0 Å². The van der Waals surface area contributed by atoms with Crippen LogP contribution in [0, 0.1) is 6.92 Å². The summed E-state index contributed by atoms with van der Waals surface area (Å²) in [6, 6.07) is 9.25. The average Bonchev–Trinajstić information content (AvgIpc) is 2.40. The summed E-state index contributed by atoms with van der Waals surface area (Å²) in [5.41, 5.74) is 2.19. The Morgan fingerprint density at radius 3 is 2.95 bits per heavy atom. The lowest BCUT2D eigenvalue weighted by atomic mass is 10.3. The molecule has 2 aromatic rings. The lowest BCUT2D eigenvalue weighted by molar-refractivity contribution is 0.604. The predicted molar refractivity (Wildman–Crippen MR) is 77.4 cm³/mol. The summed E-state index contributed by atoms with van der Waals surface area (Å²) in [6.07, 6.45) is 5.66. The largest absolute Gasteiger partial charge is 0.385 e. The smallest absolute Gasteiger partial charge is 0.250 e. The first-order valence-electron chi connectivity index (χ1n) is 6.58. The Kier molecular flexibility index (Phi) is 4.72. The molecule has 19 heavy (non-hydrogen) atoms. The van der Waals surface area contributed by atoms with Crippen molar-refractivity contribution in [3.05, 3.63) is 58.8 Å². The third-order valence-electron chi connectivity index (χ3n) is 2.95. The Morgan fingerprint density at radius 1 is 1.26 bits per heavy atom. The highest BCUT2D eigenvalue weighted by molar-refractivity contribution is 5.42. The van der Waals surface area contributed by atoms with Gasteiger partial charge >= 0.3 is 0 Å². The second kappa shape index (κ2) is 6.73. The fraction of sp³-hybridized carbons (Fsp3) is 0.333. The zero-order chi connectivity index (χ0) is 13.5. The average molecular weight is 257 g/mol. The van der Waals surface area contributed by atoms with Crippen LogP contribution >= 0.6 is 0 Å². The molecule has 0 amide bonds. The van der Waals surface area contributed by atoms with Crippen LogP contribution in [-0.4, -0.2) is 16.1 Å². The van der Waals surface area contributed by atoms with E-state index in [0.29, 0.717) is 0 Å². The number of pyridine rings is 2. The van der Waals surface area contributed by atoms with Crippen molar-refractivity contribution in [2.45, 2.75) is 26.3 Å². The summed E-state index contributed by atoms with van der Waals surface area (Å²) in [5, 5.41) is 3.36. The van der Waals surface area contributed by atoms with Gasteiger partial charge in [0.15, 0.2) is 0 Å². The molecule has 0 aliphatic heterocycles. The van der Waals surface area contributed by atoms with Crippen molar-refractivity contribution in [2.75, 3.05) is 11.9 Å². The highest BCUT2D eigenvalue weighted by Gasteiger charge is 1.95. The molecule has 1 N–H and O–H groups in total. The van der Waals surface area contributed by atoms with Crippen molar-refractivity contribution in [3.8, 4) is 0 Å². The molecule has 0 saturated heterocycles. The summed E-state index contributed by atoms with van der Waals surface area (Å²) in [6.45, 7) is 3.66. The number of aromatic nitrogens is 2. The monoisotopic (exact) mass is 257 g/mol. The fourth-order valence-electron chi connectivity index (χ4n) is 1.94. The standard InChI is InChI=1S/C15H19N3O/c1-13-12-14(7-9-16-13)17-8-3-5-11-18-10-4-2-6-15(18)19/h2,4,6-7,9-10,12H,3,5,8,11H2,1H3,(H,16,17). The van der Waals surface area contributed by atoms with Gasteiger partial charge in [-0.15, -0.1) is 0 Å². The lowest BCUT2D eigenvalue weighted by Crippen LogP contribution is -2.18. The zero-order valence-corrected chi connectivity index (χ0v) is 11.2. The van der Waals surface area contributed by atoms with Crippen molar-refractivity contribution in [2.24, 2.45) is 0 Å². The van der Waals surface area contributed by atoms with Crippen LogP contribution in [0.4, 0.5) is 5.69 Å². The lowest BCUT2D eigenvalue weighted by Gasteiger charge is -2.07. The Hall–Kier alpha value is -2.10. The van der Waals surface area contributed by atoms with Crippen molar-refractivity contribution in [3.63, 3.8) is 0 Å². The van der Waals surface area contributed by atoms with Gasteiger partial charge in [0.25, 0.3) is 0 Å². The van der Waals surface area contributed by atoms with Gasteiger partial charge in [0.2, 0.25) is 5.56 Å². The van der Waals surface area contributed by atoms with E-state index >= 15 is 0 Å². The minimum atomic E-state index is 0.0696. The Labute approximate surface area is 113 Å². The first-order valence-corrected chi connectivity index (χ1v) is 6.58. The molecule has 100 valence electrons. The number of hydrogen-bond donors (Lipinski definition) is 1.